The molecule has 3 rings (SSSR count). The van der Waals surface area contributed by atoms with E-state index in [0.717, 1.165) is 6.20 Å². The summed E-state index contributed by atoms with van der Waals surface area (Å²) in [5.41, 5.74) is 6.89. The molecule has 0 spiro atoms. The topological polar surface area (TPSA) is 130 Å². The van der Waals surface area contributed by atoms with Gasteiger partial charge in [-0.1, -0.05) is 39.8 Å². The number of nitrogens with one attached hydrogen (secondary N) is 1. The van der Waals surface area contributed by atoms with Crippen LogP contribution in [0, 0.1) is 0 Å². The summed E-state index contributed by atoms with van der Waals surface area (Å²) in [4.78, 5) is 33.7. The zero-order chi connectivity index (χ0) is 29.5. The molecule has 0 saturated carbocycles. The largest absolute Gasteiger partial charge is 0.483 e. The molecule has 2 heterocycles. The number of nitrogens with zero attached hydrogens (tertiary/aromatic N) is 3. The van der Waals surface area contributed by atoms with E-state index in [2.05, 4.69) is 20.0 Å². The Kier molecular flexibility index (Phi) is 15.3. The number of carbonyl (C=O) groups is 2. The fraction of sp³-hybridized carbons (Fsp3) is 0.462. The average Bonchev–Trinajstić information content (AvgIpc) is 2.88. The smallest absolute Gasteiger partial charge is 0.422 e. The SMILES string of the molecule is CC.CC.CC(C)O.CN1C(=O)CC(c2cccc(NC(=O)c3ccc(OCC(F)(F)F)cn3)c2)N=C1N. The number of hydrogen-bond acceptors (Lipinski definition) is 7. The number of pyridine rings is 1. The first-order valence-corrected chi connectivity index (χ1v) is 12.2. The Morgan fingerprint density at radius 2 is 1.82 bits per heavy atom. The number of hydrogen-bond donors (Lipinski definition) is 3. The van der Waals surface area contributed by atoms with Gasteiger partial charge in [-0.2, -0.15) is 13.2 Å². The molecule has 1 unspecified atom stereocenters. The van der Waals surface area contributed by atoms with Crippen LogP contribution in [0.4, 0.5) is 18.9 Å². The van der Waals surface area contributed by atoms with Crippen LogP contribution in [0.2, 0.25) is 0 Å². The molecular weight excluding hydrogens is 503 g/mol. The maximum atomic E-state index is 12.4. The van der Waals surface area contributed by atoms with E-state index >= 15 is 0 Å². The van der Waals surface area contributed by atoms with E-state index in [4.69, 9.17) is 10.8 Å². The second kappa shape index (κ2) is 17.0. The fourth-order valence-electron chi connectivity index (χ4n) is 2.70. The van der Waals surface area contributed by atoms with Gasteiger partial charge in [0.2, 0.25) is 5.91 Å². The van der Waals surface area contributed by atoms with Crippen LogP contribution in [0.5, 0.6) is 5.75 Å². The number of aliphatic hydroxyl groups is 1. The van der Waals surface area contributed by atoms with Crippen LogP contribution in [0.25, 0.3) is 0 Å². The normalized spacial score (nSPS) is 14.5. The second-order valence-electron chi connectivity index (χ2n) is 7.62. The van der Waals surface area contributed by atoms with E-state index in [9.17, 15) is 22.8 Å². The van der Waals surface area contributed by atoms with E-state index in [0.29, 0.717) is 11.3 Å². The molecule has 12 heteroatoms. The van der Waals surface area contributed by atoms with Crippen LogP contribution in [0.1, 0.15) is 70.1 Å². The molecule has 0 bridgehead atoms. The van der Waals surface area contributed by atoms with Crippen LogP contribution < -0.4 is 15.8 Å². The Balaban J connectivity index is 0.00000153. The van der Waals surface area contributed by atoms with Gasteiger partial charge in [0.05, 0.1) is 18.7 Å². The summed E-state index contributed by atoms with van der Waals surface area (Å²) in [6.45, 7) is 10.00. The Labute approximate surface area is 221 Å². The molecule has 4 N–H and O–H groups in total. The number of halogens is 3. The van der Waals surface area contributed by atoms with Crippen molar-refractivity contribution in [2.24, 2.45) is 10.7 Å². The summed E-state index contributed by atoms with van der Waals surface area (Å²) in [6.07, 6.45) is -3.44. The minimum absolute atomic E-state index is 0.00324. The van der Waals surface area contributed by atoms with Crippen molar-refractivity contribution in [2.75, 3.05) is 19.0 Å². The van der Waals surface area contributed by atoms with Gasteiger partial charge in [-0.25, -0.2) is 9.98 Å². The zero-order valence-electron chi connectivity index (χ0n) is 22.8. The Bertz CT molecular complexity index is 1030. The van der Waals surface area contributed by atoms with Crippen molar-refractivity contribution in [3.63, 3.8) is 0 Å². The first kappa shape index (κ1) is 34.3. The molecule has 0 fully saturated rings. The molecule has 0 aliphatic carbocycles. The lowest BCUT2D eigenvalue weighted by Crippen LogP contribution is -2.42. The Morgan fingerprint density at radius 3 is 2.32 bits per heavy atom. The van der Waals surface area contributed by atoms with Crippen molar-refractivity contribution in [1.29, 1.82) is 0 Å². The fourth-order valence-corrected chi connectivity index (χ4v) is 2.70. The predicted octanol–water partition coefficient (Wildman–Crippen LogP) is 4.93. The highest BCUT2D eigenvalue weighted by Crippen LogP contribution is 2.27. The van der Waals surface area contributed by atoms with Gasteiger partial charge in [-0.3, -0.25) is 14.5 Å². The third-order valence-electron chi connectivity index (χ3n) is 4.27. The van der Waals surface area contributed by atoms with Gasteiger partial charge < -0.3 is 20.9 Å². The third-order valence-corrected chi connectivity index (χ3v) is 4.27. The van der Waals surface area contributed by atoms with Gasteiger partial charge in [0.15, 0.2) is 12.6 Å². The lowest BCUT2D eigenvalue weighted by Gasteiger charge is -2.25. The minimum atomic E-state index is -4.46. The van der Waals surface area contributed by atoms with Crippen molar-refractivity contribution in [3.8, 4) is 5.75 Å². The first-order valence-electron chi connectivity index (χ1n) is 12.2. The molecule has 1 aromatic carbocycles. The van der Waals surface area contributed by atoms with Crippen LogP contribution in [-0.4, -0.2) is 58.7 Å². The standard InChI is InChI=1S/C19H18F3N5O3.C3H8O.2C2H6/c1-27-16(28)8-15(26-18(27)23)11-3-2-4-12(7-11)25-17(29)14-6-5-13(9-24-14)30-10-19(20,21)22;1-3(2)4;2*1-2/h2-7,9,15H,8,10H2,1H3,(H2,23,26)(H,25,29);3-4H,1-2H3;2*1-2H3. The molecule has 1 atom stereocenters. The average molecular weight is 542 g/mol. The third kappa shape index (κ3) is 12.5. The van der Waals surface area contributed by atoms with Crippen LogP contribution in [0.3, 0.4) is 0 Å². The van der Waals surface area contributed by atoms with Crippen molar-refractivity contribution >= 4 is 23.5 Å². The lowest BCUT2D eigenvalue weighted by molar-refractivity contribution is -0.153. The van der Waals surface area contributed by atoms with Crippen molar-refractivity contribution in [2.45, 2.75) is 66.3 Å². The summed E-state index contributed by atoms with van der Waals surface area (Å²) in [7, 11) is 1.54. The van der Waals surface area contributed by atoms with E-state index in [1.165, 1.54) is 17.0 Å². The Morgan fingerprint density at radius 1 is 1.21 bits per heavy atom. The first-order chi connectivity index (χ1) is 17.9. The molecule has 2 aromatic rings. The quantitative estimate of drug-likeness (QED) is 0.492. The molecule has 1 aromatic heterocycles. The molecule has 1 aliphatic heterocycles. The van der Waals surface area contributed by atoms with E-state index in [1.54, 1.807) is 45.2 Å². The Hall–Kier alpha value is -3.67. The number of amides is 2. The summed E-state index contributed by atoms with van der Waals surface area (Å²) in [5.74, 6) is -0.716. The second-order valence-corrected chi connectivity index (χ2v) is 7.62. The van der Waals surface area contributed by atoms with Gasteiger partial charge in [0.1, 0.15) is 11.4 Å². The summed E-state index contributed by atoms with van der Waals surface area (Å²) >= 11 is 0. The van der Waals surface area contributed by atoms with Crippen LogP contribution in [0.15, 0.2) is 47.6 Å². The number of alkyl halides is 3. The molecule has 0 saturated heterocycles. The number of aromatic nitrogens is 1. The molecule has 9 nitrogen and oxygen atoms in total. The molecule has 212 valence electrons. The van der Waals surface area contributed by atoms with Gasteiger partial charge in [-0.05, 0) is 43.7 Å². The van der Waals surface area contributed by atoms with E-state index in [1.807, 2.05) is 27.7 Å². The molecular formula is C26H38F3N5O4. The monoisotopic (exact) mass is 541 g/mol. The highest BCUT2D eigenvalue weighted by molar-refractivity contribution is 6.03. The van der Waals surface area contributed by atoms with Gasteiger partial charge in [0, 0.05) is 18.8 Å². The van der Waals surface area contributed by atoms with Gasteiger partial charge in [0.25, 0.3) is 5.91 Å². The predicted molar refractivity (Wildman–Crippen MR) is 142 cm³/mol. The minimum Gasteiger partial charge on any atom is -0.483 e. The van der Waals surface area contributed by atoms with Crippen molar-refractivity contribution in [1.82, 2.24) is 9.88 Å². The van der Waals surface area contributed by atoms with Crippen molar-refractivity contribution in [3.05, 3.63) is 53.9 Å². The zero-order valence-corrected chi connectivity index (χ0v) is 22.8. The number of benzene rings is 1. The number of ether oxygens (including phenoxy) is 1. The number of aliphatic imine (C=N–C) groups is 1. The van der Waals surface area contributed by atoms with E-state index < -0.39 is 24.7 Å². The van der Waals surface area contributed by atoms with Gasteiger partial charge >= 0.3 is 6.18 Å². The van der Waals surface area contributed by atoms with Crippen molar-refractivity contribution < 1.29 is 32.6 Å². The summed E-state index contributed by atoms with van der Waals surface area (Å²) in [6, 6.07) is 8.79. The summed E-state index contributed by atoms with van der Waals surface area (Å²) < 4.78 is 41.1. The van der Waals surface area contributed by atoms with Gasteiger partial charge in [-0.15, -0.1) is 0 Å². The van der Waals surface area contributed by atoms with Crippen LogP contribution in [-0.2, 0) is 4.79 Å². The molecule has 1 aliphatic rings. The molecule has 0 radical (unpaired) electrons. The number of nitrogens with two attached hydrogens (primary N) is 1. The van der Waals surface area contributed by atoms with E-state index in [-0.39, 0.29) is 35.8 Å². The number of carbonyl (C=O) groups excluding carboxylic acids is 2. The number of guanidine groups is 1. The maximum Gasteiger partial charge on any atom is 0.422 e. The molecule has 38 heavy (non-hydrogen) atoms. The lowest BCUT2D eigenvalue weighted by atomic mass is 10.0. The number of rotatable bonds is 5. The van der Waals surface area contributed by atoms with Crippen LogP contribution >= 0.6 is 0 Å². The highest BCUT2D eigenvalue weighted by atomic mass is 19.4. The number of anilines is 1. The molecule has 2 amide bonds. The summed E-state index contributed by atoms with van der Waals surface area (Å²) in [5, 5.41) is 10.7. The highest BCUT2D eigenvalue weighted by Gasteiger charge is 2.28. The number of aliphatic hydroxyl groups excluding tert-OH is 1. The maximum absolute atomic E-state index is 12.4.